The standard InChI is InChI=1S/C21H30N4O3S/c1-15(26)25(2)14-8-6-12-19(27)23-17(10-5-7-13-22)20(28)21-24-16-9-3-4-11-18(16)29-21/h3-4,9,11,17H,5-8,10,12-14,22H2,1-2H3,(H,23,27). The highest BCUT2D eigenvalue weighted by atomic mass is 32.1. The second-order valence-electron chi connectivity index (χ2n) is 7.15. The van der Waals surface area contributed by atoms with E-state index in [2.05, 4.69) is 10.3 Å². The molecule has 3 N–H and O–H groups in total. The van der Waals surface area contributed by atoms with Gasteiger partial charge < -0.3 is 16.0 Å². The van der Waals surface area contributed by atoms with Gasteiger partial charge in [-0.1, -0.05) is 12.1 Å². The zero-order chi connectivity index (χ0) is 21.2. The van der Waals surface area contributed by atoms with Crippen LogP contribution < -0.4 is 11.1 Å². The lowest BCUT2D eigenvalue weighted by molar-refractivity contribution is -0.127. The molecule has 158 valence electrons. The molecule has 1 unspecified atom stereocenters. The molecule has 0 bridgehead atoms. The van der Waals surface area contributed by atoms with Crippen LogP contribution in [0, 0.1) is 0 Å². The molecular weight excluding hydrogens is 388 g/mol. The molecule has 29 heavy (non-hydrogen) atoms. The smallest absolute Gasteiger partial charge is 0.220 e. The number of carbonyl (C=O) groups excluding carboxylic acids is 3. The van der Waals surface area contributed by atoms with E-state index in [9.17, 15) is 14.4 Å². The number of aromatic nitrogens is 1. The third-order valence-electron chi connectivity index (χ3n) is 4.79. The molecule has 0 aliphatic rings. The maximum absolute atomic E-state index is 13.0. The first-order valence-electron chi connectivity index (χ1n) is 10.0. The van der Waals surface area contributed by atoms with Crippen molar-refractivity contribution in [3.63, 3.8) is 0 Å². The first-order valence-corrected chi connectivity index (χ1v) is 10.8. The quantitative estimate of drug-likeness (QED) is 0.407. The van der Waals surface area contributed by atoms with Crippen molar-refractivity contribution in [1.29, 1.82) is 0 Å². The van der Waals surface area contributed by atoms with Gasteiger partial charge in [-0.15, -0.1) is 11.3 Å². The minimum Gasteiger partial charge on any atom is -0.346 e. The van der Waals surface area contributed by atoms with Crippen molar-refractivity contribution in [2.45, 2.75) is 51.5 Å². The molecule has 2 rings (SSSR count). The van der Waals surface area contributed by atoms with Gasteiger partial charge in [0.05, 0.1) is 16.3 Å². The molecular formula is C21H30N4O3S. The molecule has 1 atom stereocenters. The number of Topliss-reactive ketones (excluding diaryl/α,β-unsaturated/α-hetero) is 1. The lowest BCUT2D eigenvalue weighted by Crippen LogP contribution is -2.41. The van der Waals surface area contributed by atoms with E-state index < -0.39 is 6.04 Å². The van der Waals surface area contributed by atoms with Crippen LogP contribution in [0.4, 0.5) is 0 Å². The van der Waals surface area contributed by atoms with Crippen LogP contribution in [-0.4, -0.2) is 53.7 Å². The summed E-state index contributed by atoms with van der Waals surface area (Å²) in [6.07, 6.45) is 3.84. The number of amides is 2. The molecule has 2 amide bonds. The Bertz CT molecular complexity index is 803. The molecule has 0 spiro atoms. The summed E-state index contributed by atoms with van der Waals surface area (Å²) in [6.45, 7) is 2.69. The van der Waals surface area contributed by atoms with Crippen molar-refractivity contribution >= 4 is 39.2 Å². The highest BCUT2D eigenvalue weighted by Crippen LogP contribution is 2.23. The summed E-state index contributed by atoms with van der Waals surface area (Å²) in [5, 5.41) is 3.31. The van der Waals surface area contributed by atoms with E-state index in [1.165, 1.54) is 18.3 Å². The zero-order valence-electron chi connectivity index (χ0n) is 17.1. The van der Waals surface area contributed by atoms with E-state index in [1.807, 2.05) is 24.3 Å². The molecule has 0 radical (unpaired) electrons. The van der Waals surface area contributed by atoms with Crippen molar-refractivity contribution in [2.75, 3.05) is 20.1 Å². The highest BCUT2D eigenvalue weighted by molar-refractivity contribution is 7.20. The minimum atomic E-state index is -0.588. The Hall–Kier alpha value is -2.32. The van der Waals surface area contributed by atoms with Crippen LogP contribution in [0.5, 0.6) is 0 Å². The average molecular weight is 419 g/mol. The molecule has 1 aromatic carbocycles. The number of nitrogens with one attached hydrogen (secondary N) is 1. The summed E-state index contributed by atoms with van der Waals surface area (Å²) in [5.74, 6) is -0.286. The van der Waals surface area contributed by atoms with Crippen LogP contribution in [0.2, 0.25) is 0 Å². The fourth-order valence-corrected chi connectivity index (χ4v) is 3.91. The lowest BCUT2D eigenvalue weighted by Gasteiger charge is -2.17. The number of unbranched alkanes of at least 4 members (excludes halogenated alkanes) is 2. The number of thiazole rings is 1. The number of carbonyl (C=O) groups is 3. The molecule has 0 saturated carbocycles. The molecule has 0 saturated heterocycles. The predicted molar refractivity (Wildman–Crippen MR) is 116 cm³/mol. The Morgan fingerprint density at radius 3 is 2.62 bits per heavy atom. The topological polar surface area (TPSA) is 105 Å². The van der Waals surface area contributed by atoms with Gasteiger partial charge in [-0.2, -0.15) is 0 Å². The van der Waals surface area contributed by atoms with Gasteiger partial charge in [0.25, 0.3) is 0 Å². The van der Waals surface area contributed by atoms with Crippen LogP contribution in [0.25, 0.3) is 10.2 Å². The Balaban J connectivity index is 1.94. The number of fused-ring (bicyclic) bond motifs is 1. The van der Waals surface area contributed by atoms with E-state index in [4.69, 9.17) is 5.73 Å². The van der Waals surface area contributed by atoms with Crippen LogP contribution >= 0.6 is 11.3 Å². The van der Waals surface area contributed by atoms with Crippen LogP contribution in [0.15, 0.2) is 24.3 Å². The minimum absolute atomic E-state index is 0.0100. The van der Waals surface area contributed by atoms with E-state index in [-0.39, 0.29) is 17.6 Å². The third kappa shape index (κ3) is 7.21. The second kappa shape index (κ2) is 11.6. The van der Waals surface area contributed by atoms with Crippen molar-refractivity contribution in [3.8, 4) is 0 Å². The monoisotopic (exact) mass is 418 g/mol. The number of para-hydroxylation sites is 1. The van der Waals surface area contributed by atoms with Gasteiger partial charge in [0.2, 0.25) is 17.6 Å². The van der Waals surface area contributed by atoms with Crippen molar-refractivity contribution < 1.29 is 14.4 Å². The van der Waals surface area contributed by atoms with E-state index >= 15 is 0 Å². The SMILES string of the molecule is CC(=O)N(C)CCCCC(=O)NC(CCCCN)C(=O)c1nc2ccccc2s1. The van der Waals surface area contributed by atoms with Gasteiger partial charge in [0, 0.05) is 26.9 Å². The summed E-state index contributed by atoms with van der Waals surface area (Å²) in [4.78, 5) is 42.7. The van der Waals surface area contributed by atoms with Crippen molar-refractivity contribution in [2.24, 2.45) is 5.73 Å². The van der Waals surface area contributed by atoms with Gasteiger partial charge >= 0.3 is 0 Å². The van der Waals surface area contributed by atoms with Gasteiger partial charge in [-0.25, -0.2) is 4.98 Å². The summed E-state index contributed by atoms with van der Waals surface area (Å²) < 4.78 is 0.956. The Kier molecular flexibility index (Phi) is 9.21. The van der Waals surface area contributed by atoms with Gasteiger partial charge in [-0.3, -0.25) is 14.4 Å². The van der Waals surface area contributed by atoms with Crippen molar-refractivity contribution in [1.82, 2.24) is 15.2 Å². The number of hydrogen-bond donors (Lipinski definition) is 2. The average Bonchev–Trinajstić information content (AvgIpc) is 3.14. The zero-order valence-corrected chi connectivity index (χ0v) is 18.0. The largest absolute Gasteiger partial charge is 0.346 e. The van der Waals surface area contributed by atoms with E-state index in [1.54, 1.807) is 11.9 Å². The highest BCUT2D eigenvalue weighted by Gasteiger charge is 2.24. The van der Waals surface area contributed by atoms with Gasteiger partial charge in [0.1, 0.15) is 0 Å². The predicted octanol–water partition coefficient (Wildman–Crippen LogP) is 2.74. The number of rotatable bonds is 12. The van der Waals surface area contributed by atoms with Crippen LogP contribution in [0.1, 0.15) is 55.3 Å². The number of nitrogens with zero attached hydrogens (tertiary/aromatic N) is 2. The number of hydrogen-bond acceptors (Lipinski definition) is 6. The number of nitrogens with two attached hydrogens (primary N) is 1. The Morgan fingerprint density at radius 2 is 1.93 bits per heavy atom. The summed E-state index contributed by atoms with van der Waals surface area (Å²) in [5.41, 5.74) is 6.36. The van der Waals surface area contributed by atoms with Gasteiger partial charge in [-0.05, 0) is 50.8 Å². The van der Waals surface area contributed by atoms with Gasteiger partial charge in [0.15, 0.2) is 5.01 Å². The maximum Gasteiger partial charge on any atom is 0.220 e. The molecule has 1 heterocycles. The molecule has 0 fully saturated rings. The first kappa shape index (κ1) is 23.0. The van der Waals surface area contributed by atoms with Crippen LogP contribution in [0.3, 0.4) is 0 Å². The maximum atomic E-state index is 13.0. The second-order valence-corrected chi connectivity index (χ2v) is 8.18. The fraction of sp³-hybridized carbons (Fsp3) is 0.524. The molecule has 0 aliphatic carbocycles. The number of ketones is 1. The third-order valence-corrected chi connectivity index (χ3v) is 5.84. The summed E-state index contributed by atoms with van der Waals surface area (Å²) >= 11 is 1.35. The van der Waals surface area contributed by atoms with Crippen LogP contribution in [-0.2, 0) is 9.59 Å². The molecule has 8 heteroatoms. The molecule has 2 aromatic rings. The molecule has 7 nitrogen and oxygen atoms in total. The Morgan fingerprint density at radius 1 is 1.17 bits per heavy atom. The number of benzene rings is 1. The normalized spacial score (nSPS) is 12.0. The summed E-state index contributed by atoms with van der Waals surface area (Å²) in [6, 6.07) is 7.03. The molecule has 0 aliphatic heterocycles. The lowest BCUT2D eigenvalue weighted by atomic mass is 10.0. The molecule has 1 aromatic heterocycles. The fourth-order valence-electron chi connectivity index (χ4n) is 2.95. The van der Waals surface area contributed by atoms with E-state index in [0.29, 0.717) is 37.4 Å². The first-order chi connectivity index (χ1) is 13.9. The summed E-state index contributed by atoms with van der Waals surface area (Å²) in [7, 11) is 1.74. The van der Waals surface area contributed by atoms with Crippen molar-refractivity contribution in [3.05, 3.63) is 29.3 Å². The van der Waals surface area contributed by atoms with E-state index in [0.717, 1.165) is 29.5 Å². The Labute approximate surface area is 175 Å².